The van der Waals surface area contributed by atoms with E-state index in [-0.39, 0.29) is 11.0 Å². The number of benzene rings is 1. The van der Waals surface area contributed by atoms with Crippen molar-refractivity contribution in [2.45, 2.75) is 30.4 Å². The Morgan fingerprint density at radius 3 is 2.69 bits per heavy atom. The Bertz CT molecular complexity index is 844. The summed E-state index contributed by atoms with van der Waals surface area (Å²) < 4.78 is 44.9. The van der Waals surface area contributed by atoms with Gasteiger partial charge in [-0.15, -0.1) is 11.3 Å². The molecule has 0 bridgehead atoms. The third-order valence-electron chi connectivity index (χ3n) is 4.49. The van der Waals surface area contributed by atoms with Crippen molar-refractivity contribution in [2.75, 3.05) is 26.4 Å². The molecule has 0 unspecified atom stereocenters. The van der Waals surface area contributed by atoms with E-state index in [2.05, 4.69) is 0 Å². The number of hydrogen-bond donors (Lipinski definition) is 0. The van der Waals surface area contributed by atoms with E-state index in [1.165, 1.54) is 4.31 Å². The molecule has 1 atom stereocenters. The fourth-order valence-electron chi connectivity index (χ4n) is 3.17. The van der Waals surface area contributed by atoms with Gasteiger partial charge >= 0.3 is 0 Å². The minimum absolute atomic E-state index is 0.0538. The summed E-state index contributed by atoms with van der Waals surface area (Å²) in [6.45, 7) is 2.29. The van der Waals surface area contributed by atoms with Crippen LogP contribution >= 0.6 is 11.3 Å². The van der Waals surface area contributed by atoms with Gasteiger partial charge in [0.2, 0.25) is 10.0 Å². The normalized spacial score (nSPS) is 19.8. The number of sulfonamides is 1. The molecule has 2 aliphatic heterocycles. The van der Waals surface area contributed by atoms with Gasteiger partial charge in [0.05, 0.1) is 11.0 Å². The second-order valence-corrected chi connectivity index (χ2v) is 9.29. The van der Waals surface area contributed by atoms with Crippen LogP contribution in [-0.4, -0.2) is 45.2 Å². The van der Waals surface area contributed by atoms with Crippen molar-refractivity contribution in [1.29, 1.82) is 0 Å². The molecular formula is C18H21NO5S2. The molecule has 0 aliphatic carbocycles. The van der Waals surface area contributed by atoms with E-state index in [0.29, 0.717) is 44.4 Å². The van der Waals surface area contributed by atoms with E-state index in [1.54, 1.807) is 29.5 Å². The summed E-state index contributed by atoms with van der Waals surface area (Å²) in [5.41, 5.74) is 0. The summed E-state index contributed by atoms with van der Waals surface area (Å²) >= 11 is 1.55. The molecule has 1 fully saturated rings. The minimum atomic E-state index is -3.67. The Labute approximate surface area is 157 Å². The average molecular weight is 396 g/mol. The first-order valence-corrected chi connectivity index (χ1v) is 11.0. The number of fused-ring (bicyclic) bond motifs is 1. The van der Waals surface area contributed by atoms with Crippen molar-refractivity contribution in [1.82, 2.24) is 4.31 Å². The Kier molecular flexibility index (Phi) is 5.17. The molecule has 0 radical (unpaired) electrons. The van der Waals surface area contributed by atoms with E-state index in [0.717, 1.165) is 17.7 Å². The second kappa shape index (κ2) is 7.56. The molecule has 4 rings (SSSR count). The number of ether oxygens (including phenoxy) is 3. The number of thiophene rings is 1. The van der Waals surface area contributed by atoms with Gasteiger partial charge in [0.1, 0.15) is 13.2 Å². The van der Waals surface area contributed by atoms with Gasteiger partial charge in [-0.1, -0.05) is 6.07 Å². The van der Waals surface area contributed by atoms with Crippen LogP contribution < -0.4 is 9.47 Å². The first-order chi connectivity index (χ1) is 12.6. The first kappa shape index (κ1) is 17.8. The number of nitrogens with zero attached hydrogens (tertiary/aromatic N) is 1. The summed E-state index contributed by atoms with van der Waals surface area (Å²) in [6.07, 6.45) is 1.81. The quantitative estimate of drug-likeness (QED) is 0.753. The number of rotatable bonds is 6. The summed E-state index contributed by atoms with van der Waals surface area (Å²) in [5, 5.41) is 1.95. The Balaban J connectivity index is 1.63. The van der Waals surface area contributed by atoms with Crippen LogP contribution in [0.5, 0.6) is 11.5 Å². The standard InChI is InChI=1S/C18H21NO5S2/c20-26(21,16-5-6-17-18(11-16)24-9-8-23-17)19(12-14-3-1-7-22-14)13-15-4-2-10-25-15/h2,4-6,10-11,14H,1,3,7-9,12-13H2/t14-/m0/s1. The fourth-order valence-corrected chi connectivity index (χ4v) is 5.44. The van der Waals surface area contributed by atoms with Crippen LogP contribution in [0.25, 0.3) is 0 Å². The lowest BCUT2D eigenvalue weighted by atomic mass is 10.2. The van der Waals surface area contributed by atoms with Gasteiger partial charge in [-0.2, -0.15) is 4.31 Å². The molecule has 1 aromatic heterocycles. The monoisotopic (exact) mass is 395 g/mol. The average Bonchev–Trinajstić information content (AvgIpc) is 3.35. The molecule has 1 aromatic carbocycles. The van der Waals surface area contributed by atoms with Gasteiger partial charge in [-0.3, -0.25) is 0 Å². The van der Waals surface area contributed by atoms with Gasteiger partial charge in [0.15, 0.2) is 11.5 Å². The van der Waals surface area contributed by atoms with E-state index in [9.17, 15) is 8.42 Å². The molecule has 0 spiro atoms. The Morgan fingerprint density at radius 2 is 1.96 bits per heavy atom. The molecule has 140 valence electrons. The molecule has 1 saturated heterocycles. The largest absolute Gasteiger partial charge is 0.486 e. The third kappa shape index (κ3) is 3.73. The topological polar surface area (TPSA) is 65.1 Å². The molecule has 6 nitrogen and oxygen atoms in total. The number of hydrogen-bond acceptors (Lipinski definition) is 6. The molecule has 8 heteroatoms. The van der Waals surface area contributed by atoms with Crippen molar-refractivity contribution >= 4 is 21.4 Å². The highest BCUT2D eigenvalue weighted by molar-refractivity contribution is 7.89. The highest BCUT2D eigenvalue weighted by Crippen LogP contribution is 2.34. The first-order valence-electron chi connectivity index (χ1n) is 8.67. The fraction of sp³-hybridized carbons (Fsp3) is 0.444. The molecule has 0 N–H and O–H groups in total. The zero-order valence-corrected chi connectivity index (χ0v) is 15.9. The molecule has 26 heavy (non-hydrogen) atoms. The highest BCUT2D eigenvalue weighted by atomic mass is 32.2. The zero-order valence-electron chi connectivity index (χ0n) is 14.3. The predicted octanol–water partition coefficient (Wildman–Crippen LogP) is 2.89. The Hall–Kier alpha value is -1.61. The highest BCUT2D eigenvalue weighted by Gasteiger charge is 2.30. The van der Waals surface area contributed by atoms with Crippen molar-refractivity contribution in [2.24, 2.45) is 0 Å². The lowest BCUT2D eigenvalue weighted by molar-refractivity contribution is 0.0927. The predicted molar refractivity (Wildman–Crippen MR) is 98.3 cm³/mol. The Morgan fingerprint density at radius 1 is 1.12 bits per heavy atom. The van der Waals surface area contributed by atoms with Crippen molar-refractivity contribution in [3.63, 3.8) is 0 Å². The molecule has 0 saturated carbocycles. The minimum Gasteiger partial charge on any atom is -0.486 e. The van der Waals surface area contributed by atoms with Crippen LogP contribution in [0.1, 0.15) is 17.7 Å². The maximum atomic E-state index is 13.3. The maximum absolute atomic E-state index is 13.3. The molecule has 3 heterocycles. The maximum Gasteiger partial charge on any atom is 0.243 e. The van der Waals surface area contributed by atoms with Crippen LogP contribution in [0.15, 0.2) is 40.6 Å². The van der Waals surface area contributed by atoms with Gasteiger partial charge in [-0.25, -0.2) is 8.42 Å². The van der Waals surface area contributed by atoms with Crippen LogP contribution in [-0.2, 0) is 21.3 Å². The van der Waals surface area contributed by atoms with Crippen molar-refractivity contribution in [3.05, 3.63) is 40.6 Å². The van der Waals surface area contributed by atoms with Gasteiger partial charge in [0, 0.05) is 30.6 Å². The molecule has 0 amide bonds. The van der Waals surface area contributed by atoms with E-state index in [1.807, 2.05) is 17.5 Å². The van der Waals surface area contributed by atoms with Crippen molar-refractivity contribution in [3.8, 4) is 11.5 Å². The summed E-state index contributed by atoms with van der Waals surface area (Å²) in [6, 6.07) is 8.69. The van der Waals surface area contributed by atoms with E-state index < -0.39 is 10.0 Å². The molecule has 2 aromatic rings. The smallest absolute Gasteiger partial charge is 0.243 e. The van der Waals surface area contributed by atoms with Gasteiger partial charge < -0.3 is 14.2 Å². The summed E-state index contributed by atoms with van der Waals surface area (Å²) in [4.78, 5) is 1.22. The van der Waals surface area contributed by atoms with Crippen LogP contribution in [0, 0.1) is 0 Å². The van der Waals surface area contributed by atoms with Crippen LogP contribution in [0.3, 0.4) is 0 Å². The molecule has 2 aliphatic rings. The third-order valence-corrected chi connectivity index (χ3v) is 7.16. The molecular weight excluding hydrogens is 374 g/mol. The second-order valence-electron chi connectivity index (χ2n) is 6.32. The van der Waals surface area contributed by atoms with Gasteiger partial charge in [-0.05, 0) is 36.4 Å². The zero-order chi connectivity index (χ0) is 18.0. The van der Waals surface area contributed by atoms with Crippen molar-refractivity contribution < 1.29 is 22.6 Å². The summed E-state index contributed by atoms with van der Waals surface area (Å²) in [5.74, 6) is 1.06. The van der Waals surface area contributed by atoms with E-state index in [4.69, 9.17) is 14.2 Å². The lowest BCUT2D eigenvalue weighted by Gasteiger charge is -2.25. The van der Waals surface area contributed by atoms with Crippen LogP contribution in [0.2, 0.25) is 0 Å². The lowest BCUT2D eigenvalue weighted by Crippen LogP contribution is -2.36. The SMILES string of the molecule is O=S(=O)(c1ccc2c(c1)OCCO2)N(Cc1cccs1)C[C@@H]1CCCO1. The van der Waals surface area contributed by atoms with Gasteiger partial charge in [0.25, 0.3) is 0 Å². The summed E-state index contributed by atoms with van der Waals surface area (Å²) in [7, 11) is -3.67. The van der Waals surface area contributed by atoms with E-state index >= 15 is 0 Å². The van der Waals surface area contributed by atoms with Crippen LogP contribution in [0.4, 0.5) is 0 Å².